The maximum Gasteiger partial charge on any atom is 0.340 e. The van der Waals surface area contributed by atoms with Crippen LogP contribution < -0.4 is 10.5 Å². The van der Waals surface area contributed by atoms with Crippen LogP contribution in [0.5, 0.6) is 5.75 Å². The molecule has 0 atom stereocenters. The van der Waals surface area contributed by atoms with Gasteiger partial charge >= 0.3 is 5.63 Å². The minimum Gasteiger partial charge on any atom is -0.508 e. The number of anilines is 1. The standard InChI is InChI=1S/C14H14N4O4/c19-10-8-11(22-12(20)9-10)13(21)17-4-6-18(7-5-17)14-15-2-1-3-16-14/h1-3,8-9,19H,4-7H2. The Kier molecular flexibility index (Phi) is 3.73. The first kappa shape index (κ1) is 14.1. The van der Waals surface area contributed by atoms with Crippen LogP contribution >= 0.6 is 0 Å². The first-order chi connectivity index (χ1) is 10.6. The summed E-state index contributed by atoms with van der Waals surface area (Å²) < 4.78 is 4.84. The van der Waals surface area contributed by atoms with Crippen molar-refractivity contribution in [1.82, 2.24) is 14.9 Å². The zero-order valence-electron chi connectivity index (χ0n) is 11.7. The topological polar surface area (TPSA) is 99.8 Å². The predicted octanol–water partition coefficient (Wildman–Crippen LogP) is 0.0978. The van der Waals surface area contributed by atoms with E-state index in [1.165, 1.54) is 0 Å². The molecular formula is C14H14N4O4. The van der Waals surface area contributed by atoms with E-state index >= 15 is 0 Å². The Morgan fingerprint density at radius 2 is 1.82 bits per heavy atom. The number of carbonyl (C=O) groups excluding carboxylic acids is 1. The third-order valence-electron chi connectivity index (χ3n) is 3.37. The number of nitrogens with zero attached hydrogens (tertiary/aromatic N) is 4. The molecule has 0 aromatic carbocycles. The fraction of sp³-hybridized carbons (Fsp3) is 0.286. The molecule has 8 heteroatoms. The molecule has 8 nitrogen and oxygen atoms in total. The number of rotatable bonds is 2. The van der Waals surface area contributed by atoms with Crippen molar-refractivity contribution in [2.45, 2.75) is 0 Å². The Labute approximate surface area is 125 Å². The molecule has 3 heterocycles. The van der Waals surface area contributed by atoms with Crippen LogP contribution in [-0.2, 0) is 0 Å². The third-order valence-corrected chi connectivity index (χ3v) is 3.37. The van der Waals surface area contributed by atoms with Gasteiger partial charge in [0.25, 0.3) is 5.91 Å². The molecule has 1 fully saturated rings. The van der Waals surface area contributed by atoms with Crippen molar-refractivity contribution in [2.75, 3.05) is 31.1 Å². The van der Waals surface area contributed by atoms with Crippen molar-refractivity contribution in [3.8, 4) is 5.75 Å². The van der Waals surface area contributed by atoms with Gasteiger partial charge in [-0.2, -0.15) is 0 Å². The highest BCUT2D eigenvalue weighted by Gasteiger charge is 2.25. The van der Waals surface area contributed by atoms with Gasteiger partial charge in [0, 0.05) is 44.6 Å². The number of aromatic nitrogens is 2. The molecule has 1 aliphatic heterocycles. The lowest BCUT2D eigenvalue weighted by Crippen LogP contribution is -2.49. The molecule has 0 spiro atoms. The number of aromatic hydroxyl groups is 1. The molecule has 0 saturated carbocycles. The van der Waals surface area contributed by atoms with Crippen LogP contribution in [0.4, 0.5) is 5.95 Å². The Morgan fingerprint density at radius 1 is 1.14 bits per heavy atom. The summed E-state index contributed by atoms with van der Waals surface area (Å²) in [6, 6.07) is 3.81. The molecule has 0 radical (unpaired) electrons. The molecule has 1 aliphatic rings. The van der Waals surface area contributed by atoms with Gasteiger partial charge in [0.2, 0.25) is 5.95 Å². The van der Waals surface area contributed by atoms with Crippen LogP contribution in [0.2, 0.25) is 0 Å². The van der Waals surface area contributed by atoms with Gasteiger partial charge in [-0.3, -0.25) is 4.79 Å². The summed E-state index contributed by atoms with van der Waals surface area (Å²) in [5, 5.41) is 9.38. The number of carbonyl (C=O) groups is 1. The van der Waals surface area contributed by atoms with Crippen LogP contribution in [-0.4, -0.2) is 52.1 Å². The number of piperazine rings is 1. The summed E-state index contributed by atoms with van der Waals surface area (Å²) in [5.41, 5.74) is -0.750. The Morgan fingerprint density at radius 3 is 2.45 bits per heavy atom. The quantitative estimate of drug-likeness (QED) is 0.839. The molecule has 114 valence electrons. The lowest BCUT2D eigenvalue weighted by Gasteiger charge is -2.34. The largest absolute Gasteiger partial charge is 0.508 e. The van der Waals surface area contributed by atoms with Gasteiger partial charge in [-0.1, -0.05) is 0 Å². The molecule has 0 unspecified atom stereocenters. The van der Waals surface area contributed by atoms with E-state index < -0.39 is 11.5 Å². The first-order valence-electron chi connectivity index (χ1n) is 6.79. The molecule has 22 heavy (non-hydrogen) atoms. The van der Waals surface area contributed by atoms with E-state index in [1.54, 1.807) is 23.4 Å². The summed E-state index contributed by atoms with van der Waals surface area (Å²) in [4.78, 5) is 35.4. The van der Waals surface area contributed by atoms with Gasteiger partial charge in [-0.25, -0.2) is 14.8 Å². The molecule has 2 aromatic rings. The van der Waals surface area contributed by atoms with Crippen LogP contribution in [0.25, 0.3) is 0 Å². The summed E-state index contributed by atoms with van der Waals surface area (Å²) >= 11 is 0. The highest BCUT2D eigenvalue weighted by molar-refractivity contribution is 5.91. The van der Waals surface area contributed by atoms with Gasteiger partial charge in [-0.05, 0) is 6.07 Å². The molecule has 1 saturated heterocycles. The lowest BCUT2D eigenvalue weighted by atomic mass is 10.2. The van der Waals surface area contributed by atoms with Crippen LogP contribution in [0.3, 0.4) is 0 Å². The summed E-state index contributed by atoms with van der Waals surface area (Å²) in [6.45, 7) is 2.07. The van der Waals surface area contributed by atoms with Gasteiger partial charge in [0.1, 0.15) is 5.75 Å². The second-order valence-corrected chi connectivity index (χ2v) is 4.83. The van der Waals surface area contributed by atoms with Crippen LogP contribution in [0.1, 0.15) is 10.6 Å². The second kappa shape index (κ2) is 5.84. The van der Waals surface area contributed by atoms with Crippen LogP contribution in [0, 0.1) is 0 Å². The van der Waals surface area contributed by atoms with E-state index in [0.29, 0.717) is 32.1 Å². The summed E-state index contributed by atoms with van der Waals surface area (Å²) in [6.07, 6.45) is 3.34. The minimum absolute atomic E-state index is 0.158. The maximum atomic E-state index is 12.3. The fourth-order valence-corrected chi connectivity index (χ4v) is 2.29. The minimum atomic E-state index is -0.750. The molecule has 0 bridgehead atoms. The average molecular weight is 302 g/mol. The van der Waals surface area contributed by atoms with Crippen molar-refractivity contribution < 1.29 is 14.3 Å². The van der Waals surface area contributed by atoms with Gasteiger partial charge in [0.15, 0.2) is 5.76 Å². The van der Waals surface area contributed by atoms with E-state index in [4.69, 9.17) is 4.42 Å². The van der Waals surface area contributed by atoms with Crippen molar-refractivity contribution in [1.29, 1.82) is 0 Å². The number of hydrogen-bond acceptors (Lipinski definition) is 7. The van der Waals surface area contributed by atoms with E-state index in [2.05, 4.69) is 9.97 Å². The highest BCUT2D eigenvalue weighted by Crippen LogP contribution is 2.14. The maximum absolute atomic E-state index is 12.3. The van der Waals surface area contributed by atoms with Crippen molar-refractivity contribution >= 4 is 11.9 Å². The Bertz CT molecular complexity index is 723. The normalized spacial score (nSPS) is 14.9. The third kappa shape index (κ3) is 2.90. The van der Waals surface area contributed by atoms with Gasteiger partial charge in [0.05, 0.1) is 6.07 Å². The second-order valence-electron chi connectivity index (χ2n) is 4.83. The summed E-state index contributed by atoms with van der Waals surface area (Å²) in [7, 11) is 0. The molecule has 1 amide bonds. The monoisotopic (exact) mass is 302 g/mol. The number of hydrogen-bond donors (Lipinski definition) is 1. The van der Waals surface area contributed by atoms with Crippen molar-refractivity contribution in [3.05, 3.63) is 46.8 Å². The molecular weight excluding hydrogens is 288 g/mol. The van der Waals surface area contributed by atoms with E-state index in [9.17, 15) is 14.7 Å². The van der Waals surface area contributed by atoms with Crippen molar-refractivity contribution in [3.63, 3.8) is 0 Å². The number of amides is 1. The van der Waals surface area contributed by atoms with Gasteiger partial charge < -0.3 is 19.3 Å². The first-order valence-corrected chi connectivity index (χ1v) is 6.79. The Balaban J connectivity index is 1.68. The molecule has 3 rings (SSSR count). The molecule has 2 aromatic heterocycles. The van der Waals surface area contributed by atoms with E-state index in [0.717, 1.165) is 12.1 Å². The average Bonchev–Trinajstić information content (AvgIpc) is 2.54. The summed E-state index contributed by atoms with van der Waals surface area (Å²) in [5.74, 6) is -0.231. The van der Waals surface area contributed by atoms with E-state index in [-0.39, 0.29) is 11.5 Å². The lowest BCUT2D eigenvalue weighted by molar-refractivity contribution is 0.0708. The van der Waals surface area contributed by atoms with Crippen LogP contribution in [0.15, 0.2) is 39.8 Å². The molecule has 1 N–H and O–H groups in total. The zero-order valence-corrected chi connectivity index (χ0v) is 11.7. The van der Waals surface area contributed by atoms with E-state index in [1.807, 2.05) is 4.90 Å². The highest BCUT2D eigenvalue weighted by atomic mass is 16.4. The molecule has 0 aliphatic carbocycles. The predicted molar refractivity (Wildman–Crippen MR) is 76.8 cm³/mol. The Hall–Kier alpha value is -2.90. The zero-order chi connectivity index (χ0) is 15.5. The smallest absolute Gasteiger partial charge is 0.340 e. The van der Waals surface area contributed by atoms with Gasteiger partial charge in [-0.15, -0.1) is 0 Å². The van der Waals surface area contributed by atoms with Crippen molar-refractivity contribution in [2.24, 2.45) is 0 Å². The SMILES string of the molecule is O=C(c1cc(O)cc(=O)o1)N1CCN(c2ncccn2)CC1. The fourth-order valence-electron chi connectivity index (χ4n) is 2.29.